The van der Waals surface area contributed by atoms with E-state index in [0.717, 1.165) is 6.42 Å². The summed E-state index contributed by atoms with van der Waals surface area (Å²) in [5, 5.41) is 11.3. The number of hydrogen-bond donors (Lipinski definition) is 1. The van der Waals surface area contributed by atoms with E-state index in [4.69, 9.17) is 14.2 Å². The Kier molecular flexibility index (Phi) is 8.11. The Labute approximate surface area is 221 Å². The van der Waals surface area contributed by atoms with Gasteiger partial charge in [0.1, 0.15) is 17.3 Å². The molecule has 0 bridgehead atoms. The van der Waals surface area contributed by atoms with Crippen LogP contribution in [0.25, 0.3) is 5.76 Å². The number of hydrogen-bond acceptors (Lipinski definition) is 7. The van der Waals surface area contributed by atoms with Crippen LogP contribution in [0.3, 0.4) is 0 Å². The number of rotatable bonds is 9. The zero-order valence-corrected chi connectivity index (χ0v) is 21.5. The van der Waals surface area contributed by atoms with Crippen molar-refractivity contribution >= 4 is 29.1 Å². The van der Waals surface area contributed by atoms with Gasteiger partial charge in [-0.1, -0.05) is 25.1 Å². The first-order valence-corrected chi connectivity index (χ1v) is 12.3. The zero-order chi connectivity index (χ0) is 27.2. The third kappa shape index (κ3) is 5.25. The van der Waals surface area contributed by atoms with E-state index in [0.29, 0.717) is 34.9 Å². The van der Waals surface area contributed by atoms with Crippen molar-refractivity contribution in [3.63, 3.8) is 0 Å². The van der Waals surface area contributed by atoms with Crippen LogP contribution in [0.4, 0.5) is 5.69 Å². The van der Waals surface area contributed by atoms with E-state index >= 15 is 0 Å². The van der Waals surface area contributed by atoms with Crippen molar-refractivity contribution in [1.82, 2.24) is 0 Å². The van der Waals surface area contributed by atoms with Crippen LogP contribution in [0, 0.1) is 0 Å². The number of nitrogens with zero attached hydrogens (tertiary/aromatic N) is 1. The lowest BCUT2D eigenvalue weighted by atomic mass is 9.95. The van der Waals surface area contributed by atoms with Gasteiger partial charge in [-0.05, 0) is 73.5 Å². The first kappa shape index (κ1) is 26.5. The molecule has 1 unspecified atom stereocenters. The van der Waals surface area contributed by atoms with E-state index in [9.17, 15) is 19.5 Å². The Morgan fingerprint density at radius 2 is 1.66 bits per heavy atom. The summed E-state index contributed by atoms with van der Waals surface area (Å²) >= 11 is 0. The van der Waals surface area contributed by atoms with Crippen molar-refractivity contribution in [2.75, 3.05) is 25.2 Å². The third-order valence-corrected chi connectivity index (χ3v) is 6.09. The molecule has 3 aromatic carbocycles. The average molecular weight is 516 g/mol. The molecule has 0 spiro atoms. The highest BCUT2D eigenvalue weighted by Crippen LogP contribution is 2.43. The number of amides is 1. The second-order valence-corrected chi connectivity index (χ2v) is 8.59. The molecule has 3 aromatic rings. The van der Waals surface area contributed by atoms with Gasteiger partial charge in [-0.2, -0.15) is 0 Å². The Balaban J connectivity index is 1.86. The highest BCUT2D eigenvalue weighted by atomic mass is 16.5. The Bertz CT molecular complexity index is 1380. The molecule has 38 heavy (non-hydrogen) atoms. The van der Waals surface area contributed by atoms with Crippen molar-refractivity contribution in [3.8, 4) is 11.5 Å². The Morgan fingerprint density at radius 3 is 2.34 bits per heavy atom. The SMILES string of the molecule is CCCOc1ccc(/C(O)=C2\C(=O)C(=O)N(c3cccc(C(=O)OCC)c3)C2c2cccc(OC)c2)cc1. The number of anilines is 1. The standard InChI is InChI=1S/C30H29NO7/c1-4-16-38-23-14-12-19(13-15-23)27(32)25-26(20-8-7-11-24(18-20)36-3)31(29(34)28(25)33)22-10-6-9-21(17-22)30(35)37-5-2/h6-15,17-18,26,32H,4-5,16H2,1-3H3/b27-25+. The van der Waals surface area contributed by atoms with Gasteiger partial charge < -0.3 is 19.3 Å². The third-order valence-electron chi connectivity index (χ3n) is 6.09. The van der Waals surface area contributed by atoms with Gasteiger partial charge in [0, 0.05) is 11.3 Å². The quantitative estimate of drug-likeness (QED) is 0.179. The van der Waals surface area contributed by atoms with Gasteiger partial charge in [0.05, 0.1) is 37.5 Å². The van der Waals surface area contributed by atoms with Crippen LogP contribution >= 0.6 is 0 Å². The molecule has 1 amide bonds. The molecule has 0 aliphatic carbocycles. The molecule has 0 aromatic heterocycles. The van der Waals surface area contributed by atoms with E-state index in [1.807, 2.05) is 6.92 Å². The van der Waals surface area contributed by atoms with Gasteiger partial charge in [0.25, 0.3) is 11.7 Å². The molecule has 0 radical (unpaired) electrons. The number of Topliss-reactive ketones (excluding diaryl/α,β-unsaturated/α-hetero) is 1. The molecule has 8 nitrogen and oxygen atoms in total. The second-order valence-electron chi connectivity index (χ2n) is 8.59. The molecule has 1 saturated heterocycles. The van der Waals surface area contributed by atoms with Gasteiger partial charge in [0.15, 0.2) is 0 Å². The number of methoxy groups -OCH3 is 1. The van der Waals surface area contributed by atoms with Gasteiger partial charge in [-0.15, -0.1) is 0 Å². The van der Waals surface area contributed by atoms with Gasteiger partial charge in [-0.3, -0.25) is 14.5 Å². The fourth-order valence-corrected chi connectivity index (χ4v) is 4.31. The summed E-state index contributed by atoms with van der Waals surface area (Å²) in [4.78, 5) is 40.5. The van der Waals surface area contributed by atoms with Gasteiger partial charge >= 0.3 is 5.97 Å². The number of ether oxygens (including phenoxy) is 3. The number of benzene rings is 3. The summed E-state index contributed by atoms with van der Waals surface area (Å²) in [6.07, 6.45) is 0.850. The average Bonchev–Trinajstić information content (AvgIpc) is 3.22. The molecule has 1 heterocycles. The minimum Gasteiger partial charge on any atom is -0.507 e. The monoisotopic (exact) mass is 515 g/mol. The largest absolute Gasteiger partial charge is 0.507 e. The molecule has 196 valence electrons. The smallest absolute Gasteiger partial charge is 0.338 e. The summed E-state index contributed by atoms with van der Waals surface area (Å²) in [6, 6.07) is 18.9. The number of carbonyl (C=O) groups excluding carboxylic acids is 3. The van der Waals surface area contributed by atoms with E-state index < -0.39 is 23.7 Å². The second kappa shape index (κ2) is 11.6. The predicted molar refractivity (Wildman–Crippen MR) is 142 cm³/mol. The molecule has 4 rings (SSSR count). The van der Waals surface area contributed by atoms with Crippen molar-refractivity contribution in [2.24, 2.45) is 0 Å². The Hall–Kier alpha value is -4.59. The lowest BCUT2D eigenvalue weighted by Gasteiger charge is -2.26. The van der Waals surface area contributed by atoms with Crippen LogP contribution in [0.1, 0.15) is 47.8 Å². The maximum absolute atomic E-state index is 13.4. The molecule has 1 fully saturated rings. The topological polar surface area (TPSA) is 102 Å². The fraction of sp³-hybridized carbons (Fsp3) is 0.233. The van der Waals surface area contributed by atoms with Gasteiger partial charge in [0.2, 0.25) is 0 Å². The van der Waals surface area contributed by atoms with Gasteiger partial charge in [-0.25, -0.2) is 4.79 Å². The van der Waals surface area contributed by atoms with Crippen molar-refractivity contribution < 1.29 is 33.7 Å². The molecular formula is C30H29NO7. The van der Waals surface area contributed by atoms with Crippen LogP contribution in [-0.4, -0.2) is 43.1 Å². The summed E-state index contributed by atoms with van der Waals surface area (Å²) in [6.45, 7) is 4.45. The van der Waals surface area contributed by atoms with E-state index in [1.165, 1.54) is 18.1 Å². The summed E-state index contributed by atoms with van der Waals surface area (Å²) in [5.74, 6) is -1.39. The van der Waals surface area contributed by atoms with Crippen LogP contribution < -0.4 is 14.4 Å². The predicted octanol–water partition coefficient (Wildman–Crippen LogP) is 5.29. The van der Waals surface area contributed by atoms with Crippen molar-refractivity contribution in [1.29, 1.82) is 0 Å². The van der Waals surface area contributed by atoms with Crippen LogP contribution in [-0.2, 0) is 14.3 Å². The lowest BCUT2D eigenvalue weighted by Crippen LogP contribution is -2.29. The normalized spacial score (nSPS) is 16.4. The Morgan fingerprint density at radius 1 is 0.921 bits per heavy atom. The van der Waals surface area contributed by atoms with E-state index in [1.54, 1.807) is 73.7 Å². The van der Waals surface area contributed by atoms with Crippen LogP contribution in [0.5, 0.6) is 11.5 Å². The number of esters is 1. The minimum absolute atomic E-state index is 0.0768. The molecule has 1 aliphatic rings. The number of ketones is 1. The van der Waals surface area contributed by atoms with Crippen LogP contribution in [0.15, 0.2) is 78.4 Å². The molecule has 1 N–H and O–H groups in total. The maximum atomic E-state index is 13.4. The van der Waals surface area contributed by atoms with E-state index in [-0.39, 0.29) is 23.5 Å². The molecule has 0 saturated carbocycles. The molecule has 1 aliphatic heterocycles. The fourth-order valence-electron chi connectivity index (χ4n) is 4.31. The summed E-state index contributed by atoms with van der Waals surface area (Å²) in [7, 11) is 1.51. The van der Waals surface area contributed by atoms with Crippen molar-refractivity contribution in [2.45, 2.75) is 26.3 Å². The first-order chi connectivity index (χ1) is 18.4. The highest BCUT2D eigenvalue weighted by Gasteiger charge is 2.47. The summed E-state index contributed by atoms with van der Waals surface area (Å²) in [5.41, 5.74) is 1.38. The number of aliphatic hydroxyl groups is 1. The molecular weight excluding hydrogens is 486 g/mol. The maximum Gasteiger partial charge on any atom is 0.338 e. The van der Waals surface area contributed by atoms with E-state index in [2.05, 4.69) is 0 Å². The first-order valence-electron chi connectivity index (χ1n) is 12.3. The lowest BCUT2D eigenvalue weighted by molar-refractivity contribution is -0.132. The molecule has 1 atom stereocenters. The zero-order valence-electron chi connectivity index (χ0n) is 21.5. The minimum atomic E-state index is -0.974. The number of carbonyl (C=O) groups is 3. The van der Waals surface area contributed by atoms with Crippen molar-refractivity contribution in [3.05, 3.63) is 95.1 Å². The van der Waals surface area contributed by atoms with Crippen LogP contribution in [0.2, 0.25) is 0 Å². The number of aliphatic hydroxyl groups excluding tert-OH is 1. The summed E-state index contributed by atoms with van der Waals surface area (Å²) < 4.78 is 16.1. The highest BCUT2D eigenvalue weighted by molar-refractivity contribution is 6.51. The molecule has 8 heteroatoms.